The summed E-state index contributed by atoms with van der Waals surface area (Å²) in [5.41, 5.74) is 1.32. The quantitative estimate of drug-likeness (QED) is 0.713. The molecule has 0 bridgehead atoms. The van der Waals surface area contributed by atoms with Gasteiger partial charge in [-0.05, 0) is 25.0 Å². The average Bonchev–Trinajstić information content (AvgIpc) is 2.81. The summed E-state index contributed by atoms with van der Waals surface area (Å²) in [6, 6.07) is 3.52. The summed E-state index contributed by atoms with van der Waals surface area (Å²) in [4.78, 5) is 4.51. The number of hydrogen-bond acceptors (Lipinski definition) is 2. The number of hydrogen-bond donors (Lipinski definition) is 0. The van der Waals surface area contributed by atoms with Gasteiger partial charge in [-0.25, -0.2) is 4.98 Å². The Morgan fingerprint density at radius 2 is 1.76 bits per heavy atom. The predicted molar refractivity (Wildman–Crippen MR) is 69.9 cm³/mol. The molecule has 1 aromatic heterocycles. The Hall–Kier alpha value is -0.730. The molecule has 1 aromatic carbocycles. The van der Waals surface area contributed by atoms with E-state index in [0.29, 0.717) is 27.1 Å². The first kappa shape index (κ1) is 11.4. The van der Waals surface area contributed by atoms with Crippen molar-refractivity contribution in [1.29, 1.82) is 0 Å². The molecule has 1 heterocycles. The standard InChI is InChI=1S/C13H13Cl2NO/c14-9-6-7-10(15)12-11(9)16-13(17-12)8-4-2-1-3-5-8/h6-8H,1-5H2. The molecular formula is C13H13Cl2NO. The topological polar surface area (TPSA) is 26.0 Å². The Labute approximate surface area is 110 Å². The molecule has 3 rings (SSSR count). The van der Waals surface area contributed by atoms with Crippen molar-refractivity contribution in [3.05, 3.63) is 28.1 Å². The van der Waals surface area contributed by atoms with E-state index in [1.807, 2.05) is 0 Å². The van der Waals surface area contributed by atoms with Crippen molar-refractivity contribution in [2.45, 2.75) is 38.0 Å². The molecule has 4 heteroatoms. The van der Waals surface area contributed by atoms with E-state index in [1.165, 1.54) is 19.3 Å². The van der Waals surface area contributed by atoms with Crippen molar-refractivity contribution in [1.82, 2.24) is 4.98 Å². The van der Waals surface area contributed by atoms with Gasteiger partial charge in [0.1, 0.15) is 5.52 Å². The average molecular weight is 270 g/mol. The number of aromatic nitrogens is 1. The highest BCUT2D eigenvalue weighted by Gasteiger charge is 2.22. The monoisotopic (exact) mass is 269 g/mol. The molecule has 0 radical (unpaired) electrons. The van der Waals surface area contributed by atoms with E-state index in [-0.39, 0.29) is 0 Å². The van der Waals surface area contributed by atoms with Crippen LogP contribution >= 0.6 is 23.2 Å². The Bertz CT molecular complexity index is 505. The van der Waals surface area contributed by atoms with E-state index < -0.39 is 0 Å². The Kier molecular flexibility index (Phi) is 3.01. The third-order valence-electron chi connectivity index (χ3n) is 3.42. The van der Waals surface area contributed by atoms with Crippen molar-refractivity contribution in [3.63, 3.8) is 0 Å². The Morgan fingerprint density at radius 1 is 1.06 bits per heavy atom. The minimum absolute atomic E-state index is 0.434. The van der Waals surface area contributed by atoms with Gasteiger partial charge in [0.05, 0.1) is 10.0 Å². The summed E-state index contributed by atoms with van der Waals surface area (Å²) >= 11 is 12.2. The lowest BCUT2D eigenvalue weighted by molar-refractivity contribution is 0.373. The van der Waals surface area contributed by atoms with E-state index >= 15 is 0 Å². The summed E-state index contributed by atoms with van der Waals surface area (Å²) in [7, 11) is 0. The van der Waals surface area contributed by atoms with Crippen LogP contribution in [0.4, 0.5) is 0 Å². The maximum absolute atomic E-state index is 6.10. The zero-order chi connectivity index (χ0) is 11.8. The summed E-state index contributed by atoms with van der Waals surface area (Å²) in [5, 5.41) is 1.19. The number of fused-ring (bicyclic) bond motifs is 1. The van der Waals surface area contributed by atoms with Crippen LogP contribution in [-0.4, -0.2) is 4.98 Å². The van der Waals surface area contributed by atoms with Crippen LogP contribution < -0.4 is 0 Å². The van der Waals surface area contributed by atoms with Gasteiger partial charge < -0.3 is 4.42 Å². The molecule has 2 aromatic rings. The lowest BCUT2D eigenvalue weighted by atomic mass is 9.89. The van der Waals surface area contributed by atoms with Gasteiger partial charge in [0.25, 0.3) is 0 Å². The van der Waals surface area contributed by atoms with Crippen molar-refractivity contribution in [3.8, 4) is 0 Å². The van der Waals surface area contributed by atoms with Gasteiger partial charge >= 0.3 is 0 Å². The van der Waals surface area contributed by atoms with Gasteiger partial charge in [0.2, 0.25) is 0 Å². The first-order chi connectivity index (χ1) is 8.25. The van der Waals surface area contributed by atoms with E-state index in [0.717, 1.165) is 18.7 Å². The molecule has 0 spiro atoms. The summed E-state index contributed by atoms with van der Waals surface area (Å²) < 4.78 is 5.79. The van der Waals surface area contributed by atoms with Crippen molar-refractivity contribution in [2.75, 3.05) is 0 Å². The number of halogens is 2. The summed E-state index contributed by atoms with van der Waals surface area (Å²) in [6.07, 6.45) is 6.14. The van der Waals surface area contributed by atoms with Gasteiger partial charge in [-0.2, -0.15) is 0 Å². The highest BCUT2D eigenvalue weighted by molar-refractivity contribution is 6.39. The van der Waals surface area contributed by atoms with Gasteiger partial charge in [-0.15, -0.1) is 0 Å². The Balaban J connectivity index is 2.06. The number of rotatable bonds is 1. The zero-order valence-electron chi connectivity index (χ0n) is 9.38. The highest BCUT2D eigenvalue weighted by Crippen LogP contribution is 2.37. The molecule has 0 amide bonds. The lowest BCUT2D eigenvalue weighted by Gasteiger charge is -2.17. The Morgan fingerprint density at radius 3 is 2.47 bits per heavy atom. The third-order valence-corrected chi connectivity index (χ3v) is 4.02. The second kappa shape index (κ2) is 4.51. The van der Waals surface area contributed by atoms with Crippen molar-refractivity contribution in [2.24, 2.45) is 0 Å². The number of oxazole rings is 1. The van der Waals surface area contributed by atoms with E-state index in [9.17, 15) is 0 Å². The molecule has 2 nitrogen and oxygen atoms in total. The van der Waals surface area contributed by atoms with Crippen LogP contribution in [0.1, 0.15) is 43.9 Å². The fourth-order valence-corrected chi connectivity index (χ4v) is 2.87. The van der Waals surface area contributed by atoms with Crippen LogP contribution in [-0.2, 0) is 0 Å². The largest absolute Gasteiger partial charge is 0.439 e. The number of nitrogens with zero attached hydrogens (tertiary/aromatic N) is 1. The molecule has 1 aliphatic rings. The lowest BCUT2D eigenvalue weighted by Crippen LogP contribution is -2.04. The second-order valence-electron chi connectivity index (χ2n) is 4.59. The molecule has 17 heavy (non-hydrogen) atoms. The molecule has 0 atom stereocenters. The van der Waals surface area contributed by atoms with Gasteiger partial charge in [-0.1, -0.05) is 42.5 Å². The molecule has 0 saturated heterocycles. The van der Waals surface area contributed by atoms with Gasteiger partial charge in [-0.3, -0.25) is 0 Å². The van der Waals surface area contributed by atoms with E-state index in [2.05, 4.69) is 4.98 Å². The van der Waals surface area contributed by atoms with Crippen molar-refractivity contribution >= 4 is 34.3 Å². The maximum atomic E-state index is 6.10. The SMILES string of the molecule is Clc1ccc(Cl)c2oc(C3CCCCC3)nc12. The maximum Gasteiger partial charge on any atom is 0.198 e. The summed E-state index contributed by atoms with van der Waals surface area (Å²) in [6.45, 7) is 0. The highest BCUT2D eigenvalue weighted by atomic mass is 35.5. The minimum Gasteiger partial charge on any atom is -0.439 e. The fourth-order valence-electron chi connectivity index (χ4n) is 2.49. The first-order valence-electron chi connectivity index (χ1n) is 6.00. The molecule has 0 N–H and O–H groups in total. The van der Waals surface area contributed by atoms with Crippen LogP contribution in [0.5, 0.6) is 0 Å². The van der Waals surface area contributed by atoms with Gasteiger partial charge in [0.15, 0.2) is 11.5 Å². The molecule has 0 aliphatic heterocycles. The van der Waals surface area contributed by atoms with Crippen LogP contribution in [0, 0.1) is 0 Å². The molecule has 90 valence electrons. The molecule has 0 unspecified atom stereocenters. The zero-order valence-corrected chi connectivity index (χ0v) is 10.9. The van der Waals surface area contributed by atoms with E-state index in [4.69, 9.17) is 27.6 Å². The molecule has 1 aliphatic carbocycles. The van der Waals surface area contributed by atoms with Crippen LogP contribution in [0.25, 0.3) is 11.1 Å². The van der Waals surface area contributed by atoms with Gasteiger partial charge in [0, 0.05) is 5.92 Å². The van der Waals surface area contributed by atoms with Crippen LogP contribution in [0.15, 0.2) is 16.5 Å². The van der Waals surface area contributed by atoms with Crippen LogP contribution in [0.2, 0.25) is 10.0 Å². The fraction of sp³-hybridized carbons (Fsp3) is 0.462. The smallest absolute Gasteiger partial charge is 0.198 e. The molecule has 1 saturated carbocycles. The van der Waals surface area contributed by atoms with Crippen LogP contribution in [0.3, 0.4) is 0 Å². The number of benzene rings is 1. The predicted octanol–water partition coefficient (Wildman–Crippen LogP) is 5.18. The third kappa shape index (κ3) is 2.04. The molecular weight excluding hydrogens is 257 g/mol. The minimum atomic E-state index is 0.434. The normalized spacial score (nSPS) is 17.8. The van der Waals surface area contributed by atoms with Crippen molar-refractivity contribution < 1.29 is 4.42 Å². The second-order valence-corrected chi connectivity index (χ2v) is 5.41. The molecule has 1 fully saturated rings. The summed E-state index contributed by atoms with van der Waals surface area (Å²) in [5.74, 6) is 1.23. The first-order valence-corrected chi connectivity index (χ1v) is 6.76. The van der Waals surface area contributed by atoms with E-state index in [1.54, 1.807) is 12.1 Å².